The topological polar surface area (TPSA) is 41.5 Å². The fourth-order valence-electron chi connectivity index (χ4n) is 0.793. The Balaban J connectivity index is 3.64. The summed E-state index contributed by atoms with van der Waals surface area (Å²) in [5.74, 6) is -3.01. The van der Waals surface area contributed by atoms with Crippen molar-refractivity contribution >= 4 is 0 Å². The third-order valence-corrected chi connectivity index (χ3v) is 1.58. The van der Waals surface area contributed by atoms with Crippen LogP contribution in [0.15, 0.2) is 0 Å². The molecule has 0 saturated heterocycles. The Hall–Kier alpha value is -0.330. The van der Waals surface area contributed by atoms with Crippen LogP contribution in [-0.4, -0.2) is 49.6 Å². The van der Waals surface area contributed by atoms with Crippen LogP contribution >= 0.6 is 0 Å². The molecule has 0 aliphatic carbocycles. The Labute approximate surface area is 87.6 Å². The van der Waals surface area contributed by atoms with E-state index in [2.05, 4.69) is 10.1 Å². The van der Waals surface area contributed by atoms with Gasteiger partial charge in [0.05, 0.1) is 19.8 Å². The second-order valence-electron chi connectivity index (χ2n) is 3.69. The molecule has 0 heterocycles. The van der Waals surface area contributed by atoms with Crippen LogP contribution in [0.4, 0.5) is 13.2 Å². The summed E-state index contributed by atoms with van der Waals surface area (Å²) in [7, 11) is 0. The molecule has 0 saturated carbocycles. The molecule has 15 heavy (non-hydrogen) atoms. The largest absolute Gasteiger partial charge is 0.393 e. The van der Waals surface area contributed by atoms with Crippen LogP contribution in [0.2, 0.25) is 0 Å². The predicted molar refractivity (Wildman–Crippen MR) is 50.9 cm³/mol. The molecule has 0 aromatic carbocycles. The minimum atomic E-state index is -3.01. The van der Waals surface area contributed by atoms with E-state index in [-0.39, 0.29) is 6.04 Å². The average Bonchev–Trinajstić information content (AvgIpc) is 2.14. The van der Waals surface area contributed by atoms with Crippen molar-refractivity contribution in [1.82, 2.24) is 5.32 Å². The Bertz CT molecular complexity index is 167. The Kier molecular flexibility index (Phi) is 6.87. The minimum absolute atomic E-state index is 0.0396. The van der Waals surface area contributed by atoms with E-state index in [4.69, 9.17) is 5.11 Å². The van der Waals surface area contributed by atoms with E-state index in [0.29, 0.717) is 0 Å². The van der Waals surface area contributed by atoms with Crippen molar-refractivity contribution < 1.29 is 23.0 Å². The molecule has 0 radical (unpaired) electrons. The summed E-state index contributed by atoms with van der Waals surface area (Å²) < 4.78 is 42.8. The number of halogens is 3. The molecule has 3 nitrogen and oxygen atoms in total. The van der Waals surface area contributed by atoms with E-state index in [9.17, 15) is 13.2 Å². The van der Waals surface area contributed by atoms with Crippen molar-refractivity contribution in [3.05, 3.63) is 0 Å². The summed E-state index contributed by atoms with van der Waals surface area (Å²) in [6, 6.07) is -0.0396. The third-order valence-electron chi connectivity index (χ3n) is 1.58. The summed E-state index contributed by atoms with van der Waals surface area (Å²) >= 11 is 0. The van der Waals surface area contributed by atoms with Crippen LogP contribution in [0.5, 0.6) is 0 Å². The van der Waals surface area contributed by atoms with E-state index in [1.54, 1.807) is 13.8 Å². The SMILES string of the molecule is CC(C)NCC(F)(F)COCC(F)CO. The smallest absolute Gasteiger partial charge is 0.283 e. The highest BCUT2D eigenvalue weighted by Gasteiger charge is 2.29. The van der Waals surface area contributed by atoms with Crippen molar-refractivity contribution in [2.75, 3.05) is 26.4 Å². The fraction of sp³-hybridized carbons (Fsp3) is 1.00. The summed E-state index contributed by atoms with van der Waals surface area (Å²) in [6.07, 6.45) is -1.60. The van der Waals surface area contributed by atoms with Gasteiger partial charge in [-0.25, -0.2) is 13.2 Å². The second kappa shape index (κ2) is 7.03. The normalized spacial score (nSPS) is 14.6. The summed E-state index contributed by atoms with van der Waals surface area (Å²) in [6.45, 7) is 0.943. The standard InChI is InChI=1S/C9H18F3NO2/c1-7(2)13-5-9(11,12)6-15-4-8(10)3-14/h7-8,13-14H,3-6H2,1-2H3. The van der Waals surface area contributed by atoms with Crippen LogP contribution in [0.1, 0.15) is 13.8 Å². The first-order valence-corrected chi connectivity index (χ1v) is 4.81. The Morgan fingerprint density at radius 1 is 1.40 bits per heavy atom. The molecule has 0 aliphatic heterocycles. The lowest BCUT2D eigenvalue weighted by molar-refractivity contribution is -0.0861. The average molecular weight is 229 g/mol. The molecular formula is C9H18F3NO2. The monoisotopic (exact) mass is 229 g/mol. The highest BCUT2D eigenvalue weighted by atomic mass is 19.3. The van der Waals surface area contributed by atoms with Gasteiger partial charge in [0.25, 0.3) is 5.92 Å². The van der Waals surface area contributed by atoms with Crippen LogP contribution in [0.3, 0.4) is 0 Å². The highest BCUT2D eigenvalue weighted by Crippen LogP contribution is 2.12. The zero-order valence-electron chi connectivity index (χ0n) is 8.97. The van der Waals surface area contributed by atoms with Gasteiger partial charge in [0.15, 0.2) is 0 Å². The van der Waals surface area contributed by atoms with E-state index in [0.717, 1.165) is 0 Å². The maximum absolute atomic E-state index is 13.0. The number of hydrogen-bond donors (Lipinski definition) is 2. The van der Waals surface area contributed by atoms with Crippen molar-refractivity contribution in [1.29, 1.82) is 0 Å². The van der Waals surface area contributed by atoms with Gasteiger partial charge < -0.3 is 15.2 Å². The molecule has 0 spiro atoms. The zero-order chi connectivity index (χ0) is 11.9. The summed E-state index contributed by atoms with van der Waals surface area (Å²) in [5.41, 5.74) is 0. The molecule has 6 heteroatoms. The number of hydrogen-bond acceptors (Lipinski definition) is 3. The lowest BCUT2D eigenvalue weighted by Crippen LogP contribution is -2.40. The highest BCUT2D eigenvalue weighted by molar-refractivity contribution is 4.70. The first kappa shape index (κ1) is 14.7. The van der Waals surface area contributed by atoms with Gasteiger partial charge in [0.1, 0.15) is 12.8 Å². The molecule has 0 fully saturated rings. The molecule has 92 valence electrons. The van der Waals surface area contributed by atoms with Crippen molar-refractivity contribution in [3.8, 4) is 0 Å². The predicted octanol–water partition coefficient (Wildman–Crippen LogP) is 0.967. The zero-order valence-corrected chi connectivity index (χ0v) is 8.97. The van der Waals surface area contributed by atoms with Gasteiger partial charge in [-0.1, -0.05) is 13.8 Å². The van der Waals surface area contributed by atoms with Gasteiger partial charge in [0, 0.05) is 6.04 Å². The van der Waals surface area contributed by atoms with E-state index in [1.165, 1.54) is 0 Å². The van der Waals surface area contributed by atoms with Gasteiger partial charge in [-0.15, -0.1) is 0 Å². The van der Waals surface area contributed by atoms with Gasteiger partial charge in [-0.2, -0.15) is 0 Å². The lowest BCUT2D eigenvalue weighted by atomic mass is 10.3. The first-order valence-electron chi connectivity index (χ1n) is 4.81. The molecular weight excluding hydrogens is 211 g/mol. The first-order chi connectivity index (χ1) is 6.87. The number of aliphatic hydroxyl groups is 1. The molecule has 0 bridgehead atoms. The number of ether oxygens (including phenoxy) is 1. The fourth-order valence-corrected chi connectivity index (χ4v) is 0.793. The number of nitrogens with one attached hydrogen (secondary N) is 1. The second-order valence-corrected chi connectivity index (χ2v) is 3.69. The third kappa shape index (κ3) is 8.65. The molecule has 1 atom stereocenters. The van der Waals surface area contributed by atoms with Gasteiger partial charge in [-0.3, -0.25) is 0 Å². The van der Waals surface area contributed by atoms with Crippen LogP contribution in [-0.2, 0) is 4.74 Å². The number of aliphatic hydroxyl groups excluding tert-OH is 1. The van der Waals surface area contributed by atoms with Gasteiger partial charge >= 0.3 is 0 Å². The lowest BCUT2D eigenvalue weighted by Gasteiger charge is -2.19. The molecule has 0 aromatic heterocycles. The van der Waals surface area contributed by atoms with Gasteiger partial charge in [-0.05, 0) is 0 Å². The summed E-state index contributed by atoms with van der Waals surface area (Å²) in [5, 5.41) is 10.9. The van der Waals surface area contributed by atoms with Crippen molar-refractivity contribution in [2.24, 2.45) is 0 Å². The van der Waals surface area contributed by atoms with E-state index in [1.807, 2.05) is 0 Å². The number of alkyl halides is 3. The van der Waals surface area contributed by atoms with E-state index >= 15 is 0 Å². The van der Waals surface area contributed by atoms with Crippen LogP contribution in [0.25, 0.3) is 0 Å². The molecule has 0 aliphatic rings. The molecule has 1 unspecified atom stereocenters. The van der Waals surface area contributed by atoms with Crippen molar-refractivity contribution in [2.45, 2.75) is 32.0 Å². The maximum atomic E-state index is 13.0. The molecule has 0 aromatic rings. The quantitative estimate of drug-likeness (QED) is 0.651. The number of rotatable bonds is 8. The molecule has 0 amide bonds. The maximum Gasteiger partial charge on any atom is 0.283 e. The van der Waals surface area contributed by atoms with Crippen LogP contribution < -0.4 is 5.32 Å². The molecule has 2 N–H and O–H groups in total. The molecule has 0 rings (SSSR count). The van der Waals surface area contributed by atoms with Crippen molar-refractivity contribution in [3.63, 3.8) is 0 Å². The van der Waals surface area contributed by atoms with E-state index < -0.39 is 38.5 Å². The Morgan fingerprint density at radius 3 is 2.47 bits per heavy atom. The minimum Gasteiger partial charge on any atom is -0.393 e. The van der Waals surface area contributed by atoms with Gasteiger partial charge in [0.2, 0.25) is 0 Å². The summed E-state index contributed by atoms with van der Waals surface area (Å²) in [4.78, 5) is 0. The Morgan fingerprint density at radius 2 is 2.00 bits per heavy atom. The van der Waals surface area contributed by atoms with Crippen LogP contribution in [0, 0.1) is 0 Å².